The highest BCUT2D eigenvalue weighted by Crippen LogP contribution is 2.24. The van der Waals surface area contributed by atoms with Gasteiger partial charge < -0.3 is 10.2 Å². The Balaban J connectivity index is 1.42. The molecule has 0 unspecified atom stereocenters. The third-order valence-corrected chi connectivity index (χ3v) is 5.71. The Bertz CT molecular complexity index is 956. The van der Waals surface area contributed by atoms with Crippen LogP contribution in [0.5, 0.6) is 0 Å². The zero-order valence-corrected chi connectivity index (χ0v) is 16.7. The van der Waals surface area contributed by atoms with Crippen molar-refractivity contribution in [1.29, 1.82) is 0 Å². The number of anilines is 1. The normalized spacial score (nSPS) is 14.1. The van der Waals surface area contributed by atoms with E-state index in [2.05, 4.69) is 25.5 Å². The molecule has 144 valence electrons. The monoisotopic (exact) mass is 414 g/mol. The van der Waals surface area contributed by atoms with Crippen LogP contribution in [0, 0.1) is 5.82 Å². The molecular weight excluding hydrogens is 395 g/mol. The van der Waals surface area contributed by atoms with Crippen LogP contribution in [0.15, 0.2) is 48.8 Å². The molecule has 6 nitrogen and oxygen atoms in total. The van der Waals surface area contributed by atoms with Gasteiger partial charge in [0.15, 0.2) is 0 Å². The summed E-state index contributed by atoms with van der Waals surface area (Å²) in [5.74, 6) is 1.82. The molecule has 4 rings (SSSR count). The number of nitrogens with one attached hydrogen (secondary N) is 1. The lowest BCUT2D eigenvalue weighted by atomic mass is 10.2. The lowest BCUT2D eigenvalue weighted by Gasteiger charge is -2.28. The molecule has 0 amide bonds. The molecule has 3 aromatic rings. The first-order valence-corrected chi connectivity index (χ1v) is 10.5. The Morgan fingerprint density at radius 1 is 1.21 bits per heavy atom. The van der Waals surface area contributed by atoms with Crippen molar-refractivity contribution in [2.45, 2.75) is 6.54 Å². The zero-order valence-electron chi connectivity index (χ0n) is 15.1. The maximum absolute atomic E-state index is 14.6. The van der Waals surface area contributed by atoms with Gasteiger partial charge in [0.1, 0.15) is 16.5 Å². The fourth-order valence-corrected chi connectivity index (χ4v) is 4.06. The van der Waals surface area contributed by atoms with Gasteiger partial charge in [0.05, 0.1) is 29.8 Å². The highest BCUT2D eigenvalue weighted by atomic mass is 32.2. The topological polar surface area (TPSA) is 58.9 Å². The van der Waals surface area contributed by atoms with E-state index in [1.807, 2.05) is 42.1 Å². The maximum Gasteiger partial charge on any atom is 0.148 e. The van der Waals surface area contributed by atoms with E-state index in [1.165, 1.54) is 6.07 Å². The predicted molar refractivity (Wildman–Crippen MR) is 114 cm³/mol. The first kappa shape index (κ1) is 18.8. The number of thiocarbonyl (C=S) groups is 1. The smallest absolute Gasteiger partial charge is 0.148 e. The summed E-state index contributed by atoms with van der Waals surface area (Å²) in [5.41, 5.74) is 2.69. The summed E-state index contributed by atoms with van der Waals surface area (Å²) < 4.78 is 16.2. The van der Waals surface area contributed by atoms with E-state index in [4.69, 9.17) is 12.2 Å². The minimum absolute atomic E-state index is 0.240. The summed E-state index contributed by atoms with van der Waals surface area (Å²) in [6.07, 6.45) is 3.46. The molecule has 1 N–H and O–H groups in total. The summed E-state index contributed by atoms with van der Waals surface area (Å²) in [5, 5.41) is 11.4. The molecule has 0 saturated carbocycles. The van der Waals surface area contributed by atoms with Gasteiger partial charge in [-0.1, -0.05) is 23.5 Å². The van der Waals surface area contributed by atoms with E-state index in [0.717, 1.165) is 24.6 Å². The van der Waals surface area contributed by atoms with E-state index in [0.29, 0.717) is 34.3 Å². The van der Waals surface area contributed by atoms with E-state index >= 15 is 0 Å². The number of hydrogen-bond donors (Lipinski definition) is 1. The van der Waals surface area contributed by atoms with Crippen LogP contribution in [0.3, 0.4) is 0 Å². The summed E-state index contributed by atoms with van der Waals surface area (Å²) in [4.78, 5) is 6.84. The van der Waals surface area contributed by atoms with Crippen LogP contribution in [0.25, 0.3) is 5.69 Å². The molecule has 3 heterocycles. The highest BCUT2D eigenvalue weighted by Gasteiger charge is 2.16. The first-order valence-electron chi connectivity index (χ1n) is 8.94. The lowest BCUT2D eigenvalue weighted by Crippen LogP contribution is -2.33. The summed E-state index contributed by atoms with van der Waals surface area (Å²) in [7, 11) is 0. The fourth-order valence-electron chi connectivity index (χ4n) is 2.96. The third-order valence-electron chi connectivity index (χ3n) is 4.42. The number of halogens is 1. The van der Waals surface area contributed by atoms with Crippen LogP contribution < -0.4 is 10.2 Å². The Morgan fingerprint density at radius 3 is 2.82 bits per heavy atom. The first-order chi connectivity index (χ1) is 13.7. The molecule has 0 radical (unpaired) electrons. The van der Waals surface area contributed by atoms with E-state index in [9.17, 15) is 4.39 Å². The van der Waals surface area contributed by atoms with Crippen molar-refractivity contribution in [3.63, 3.8) is 0 Å². The van der Waals surface area contributed by atoms with Crippen molar-refractivity contribution < 1.29 is 4.39 Å². The Kier molecular flexibility index (Phi) is 5.82. The molecule has 28 heavy (non-hydrogen) atoms. The van der Waals surface area contributed by atoms with Gasteiger partial charge >= 0.3 is 0 Å². The van der Waals surface area contributed by atoms with Gasteiger partial charge in [0, 0.05) is 36.9 Å². The van der Waals surface area contributed by atoms with Crippen molar-refractivity contribution in [3.8, 4) is 5.69 Å². The number of nitrogens with zero attached hydrogens (tertiary/aromatic N) is 5. The SMILES string of the molecule is Fc1cc(-n2cc(CNC(=S)c3ccccn3)nn2)ccc1N1CCSCC1. The Morgan fingerprint density at radius 2 is 2.07 bits per heavy atom. The molecule has 1 aliphatic rings. The van der Waals surface area contributed by atoms with E-state index in [-0.39, 0.29) is 5.82 Å². The van der Waals surface area contributed by atoms with Crippen molar-refractivity contribution >= 4 is 34.7 Å². The number of hydrogen-bond acceptors (Lipinski definition) is 6. The van der Waals surface area contributed by atoms with Crippen LogP contribution in [0.2, 0.25) is 0 Å². The van der Waals surface area contributed by atoms with Crippen LogP contribution in [0.1, 0.15) is 11.4 Å². The van der Waals surface area contributed by atoms with Gasteiger partial charge in [-0.05, 0) is 24.3 Å². The van der Waals surface area contributed by atoms with Gasteiger partial charge in [-0.15, -0.1) is 5.10 Å². The molecule has 0 aliphatic carbocycles. The average molecular weight is 415 g/mol. The molecule has 2 aromatic heterocycles. The Labute approximate surface area is 172 Å². The lowest BCUT2D eigenvalue weighted by molar-refractivity contribution is 0.617. The number of benzene rings is 1. The molecule has 0 spiro atoms. The maximum atomic E-state index is 14.6. The number of pyridine rings is 1. The minimum Gasteiger partial charge on any atom is -0.369 e. The van der Waals surface area contributed by atoms with Gasteiger partial charge in [-0.3, -0.25) is 4.98 Å². The molecule has 1 aromatic carbocycles. The molecule has 1 aliphatic heterocycles. The van der Waals surface area contributed by atoms with Crippen molar-refractivity contribution in [1.82, 2.24) is 25.3 Å². The molecule has 0 atom stereocenters. The van der Waals surface area contributed by atoms with Crippen LogP contribution in [0.4, 0.5) is 10.1 Å². The van der Waals surface area contributed by atoms with Gasteiger partial charge in [-0.25, -0.2) is 9.07 Å². The van der Waals surface area contributed by atoms with Crippen LogP contribution in [-0.4, -0.2) is 49.6 Å². The summed E-state index contributed by atoms with van der Waals surface area (Å²) >= 11 is 7.23. The predicted octanol–water partition coefficient (Wildman–Crippen LogP) is 2.82. The Hall–Kier alpha value is -2.52. The number of thioether (sulfide) groups is 1. The standard InChI is InChI=1S/C19H19FN6S2/c20-16-11-15(4-5-18(16)25-7-9-28-10-8-25)26-13-14(23-24-26)12-22-19(27)17-3-1-2-6-21-17/h1-6,11,13H,7-10,12H2,(H,22,27). The largest absolute Gasteiger partial charge is 0.369 e. The fraction of sp³-hybridized carbons (Fsp3) is 0.263. The number of rotatable bonds is 5. The van der Waals surface area contributed by atoms with Crippen molar-refractivity contribution in [3.05, 3.63) is 66.0 Å². The van der Waals surface area contributed by atoms with Crippen LogP contribution >= 0.6 is 24.0 Å². The van der Waals surface area contributed by atoms with Crippen molar-refractivity contribution in [2.24, 2.45) is 0 Å². The van der Waals surface area contributed by atoms with E-state index < -0.39 is 0 Å². The molecule has 1 saturated heterocycles. The molecule has 9 heteroatoms. The third kappa shape index (κ3) is 4.31. The second-order valence-electron chi connectivity index (χ2n) is 6.29. The van der Waals surface area contributed by atoms with Gasteiger partial charge in [-0.2, -0.15) is 11.8 Å². The molecule has 0 bridgehead atoms. The second-order valence-corrected chi connectivity index (χ2v) is 7.92. The average Bonchev–Trinajstić information content (AvgIpc) is 3.22. The van der Waals surface area contributed by atoms with Gasteiger partial charge in [0.2, 0.25) is 0 Å². The molecular formula is C19H19FN6S2. The molecule has 1 fully saturated rings. The number of aromatic nitrogens is 4. The highest BCUT2D eigenvalue weighted by molar-refractivity contribution is 7.99. The quantitative estimate of drug-likeness (QED) is 0.644. The zero-order chi connectivity index (χ0) is 19.3. The van der Waals surface area contributed by atoms with E-state index in [1.54, 1.807) is 17.1 Å². The summed E-state index contributed by atoms with van der Waals surface area (Å²) in [6.45, 7) is 2.16. The van der Waals surface area contributed by atoms with Crippen molar-refractivity contribution in [2.75, 3.05) is 29.5 Å². The second kappa shape index (κ2) is 8.66. The minimum atomic E-state index is -0.240. The van der Waals surface area contributed by atoms with Gasteiger partial charge in [0.25, 0.3) is 0 Å². The van der Waals surface area contributed by atoms with Crippen LogP contribution in [-0.2, 0) is 6.54 Å². The summed E-state index contributed by atoms with van der Waals surface area (Å²) in [6, 6.07) is 10.7.